The Bertz CT molecular complexity index is 1490. The van der Waals surface area contributed by atoms with E-state index in [1.807, 2.05) is 42.5 Å². The number of rotatable bonds is 17. The van der Waals surface area contributed by atoms with Crippen LogP contribution in [0.25, 0.3) is 0 Å². The summed E-state index contributed by atoms with van der Waals surface area (Å²) in [7, 11) is -2.40. The first-order valence-electron chi connectivity index (χ1n) is 15.5. The van der Waals surface area contributed by atoms with E-state index in [2.05, 4.69) is 67.3 Å². The lowest BCUT2D eigenvalue weighted by Crippen LogP contribution is -2.49. The molecule has 0 heterocycles. The summed E-state index contributed by atoms with van der Waals surface area (Å²) in [4.78, 5) is 2.55. The van der Waals surface area contributed by atoms with Gasteiger partial charge in [0, 0.05) is 32.2 Å². The number of nitrogens with two attached hydrogens (primary N) is 1. The minimum absolute atomic E-state index is 0.108. The Balaban J connectivity index is 1.53. The average molecular weight is 630 g/mol. The number of aliphatic hydroxyl groups is 1. The van der Waals surface area contributed by atoms with Gasteiger partial charge in [-0.3, -0.25) is 4.90 Å². The van der Waals surface area contributed by atoms with Crippen molar-refractivity contribution in [1.82, 2.24) is 9.21 Å². The summed E-state index contributed by atoms with van der Waals surface area (Å²) in [6, 6.07) is 36.2. The Morgan fingerprint density at radius 2 is 1.27 bits per heavy atom. The van der Waals surface area contributed by atoms with Crippen LogP contribution in [0.5, 0.6) is 5.75 Å². The fourth-order valence-electron chi connectivity index (χ4n) is 5.43. The Kier molecular flexibility index (Phi) is 12.3. The molecule has 0 amide bonds. The standard InChI is InChI=1S/C37H47N3O4S/c1-37(2,23-24-39(26-31-15-9-5-10-16-31)27-32-17-11-6-12-18-32)29-40(45(42,43)34-21-19-33(44-3)20-22-34)28-36(41)35(38)25-30-13-7-4-8-14-30/h4-22,35-36,41H,23-29,38H2,1-3H3/t35-,36?/m0/s1. The molecule has 8 heteroatoms. The van der Waals surface area contributed by atoms with Gasteiger partial charge in [0.15, 0.2) is 0 Å². The zero-order valence-corrected chi connectivity index (χ0v) is 27.4. The van der Waals surface area contributed by atoms with Gasteiger partial charge in [0.2, 0.25) is 10.0 Å². The van der Waals surface area contributed by atoms with Gasteiger partial charge in [-0.2, -0.15) is 4.31 Å². The maximum absolute atomic E-state index is 14.1. The molecule has 4 aromatic rings. The molecule has 4 aromatic carbocycles. The first-order chi connectivity index (χ1) is 21.6. The normalized spacial score (nSPS) is 13.6. The summed E-state index contributed by atoms with van der Waals surface area (Å²) in [6.07, 6.45) is 0.130. The average Bonchev–Trinajstić information content (AvgIpc) is 3.04. The fraction of sp³-hybridized carbons (Fsp3) is 0.351. The van der Waals surface area contributed by atoms with Gasteiger partial charge in [-0.15, -0.1) is 0 Å². The molecule has 2 atom stereocenters. The topological polar surface area (TPSA) is 96.1 Å². The third kappa shape index (κ3) is 10.5. The monoisotopic (exact) mass is 629 g/mol. The molecule has 0 radical (unpaired) electrons. The van der Waals surface area contributed by atoms with Crippen LogP contribution in [0.4, 0.5) is 0 Å². The molecule has 45 heavy (non-hydrogen) atoms. The second-order valence-corrected chi connectivity index (χ2v) is 14.4. The van der Waals surface area contributed by atoms with Gasteiger partial charge in [-0.25, -0.2) is 8.42 Å². The minimum Gasteiger partial charge on any atom is -0.497 e. The lowest BCUT2D eigenvalue weighted by Gasteiger charge is -2.35. The summed E-state index contributed by atoms with van der Waals surface area (Å²) < 4.78 is 34.8. The number of hydrogen-bond acceptors (Lipinski definition) is 6. The Hall–Kier alpha value is -3.53. The summed E-state index contributed by atoms with van der Waals surface area (Å²) in [5, 5.41) is 11.2. The highest BCUT2D eigenvalue weighted by Gasteiger charge is 2.34. The highest BCUT2D eigenvalue weighted by atomic mass is 32.2. The predicted octanol–water partition coefficient (Wildman–Crippen LogP) is 5.74. The summed E-state index contributed by atoms with van der Waals surface area (Å²) >= 11 is 0. The number of methoxy groups -OCH3 is 1. The molecule has 0 aliphatic rings. The van der Waals surface area contributed by atoms with E-state index in [0.29, 0.717) is 12.2 Å². The molecule has 0 aliphatic carbocycles. The van der Waals surface area contributed by atoms with Crippen LogP contribution in [0.3, 0.4) is 0 Å². The van der Waals surface area contributed by atoms with E-state index < -0.39 is 27.6 Å². The number of nitrogens with zero attached hydrogens (tertiary/aromatic N) is 2. The van der Waals surface area contributed by atoms with Gasteiger partial charge in [-0.1, -0.05) is 105 Å². The maximum atomic E-state index is 14.1. The molecule has 0 fully saturated rings. The lowest BCUT2D eigenvalue weighted by atomic mass is 9.88. The number of benzene rings is 4. The zero-order chi connectivity index (χ0) is 32.3. The Morgan fingerprint density at radius 1 is 0.778 bits per heavy atom. The van der Waals surface area contributed by atoms with Crippen LogP contribution in [0.2, 0.25) is 0 Å². The van der Waals surface area contributed by atoms with Gasteiger partial charge in [-0.05, 0) is 65.8 Å². The lowest BCUT2D eigenvalue weighted by molar-refractivity contribution is 0.102. The first kappa shape index (κ1) is 34.3. The predicted molar refractivity (Wildman–Crippen MR) is 181 cm³/mol. The summed E-state index contributed by atoms with van der Waals surface area (Å²) in [5.41, 5.74) is 9.47. The van der Waals surface area contributed by atoms with Crippen LogP contribution in [0, 0.1) is 5.41 Å². The van der Waals surface area contributed by atoms with Crippen molar-refractivity contribution < 1.29 is 18.3 Å². The van der Waals surface area contributed by atoms with Crippen molar-refractivity contribution in [3.05, 3.63) is 132 Å². The largest absolute Gasteiger partial charge is 0.497 e. The second-order valence-electron chi connectivity index (χ2n) is 12.5. The number of sulfonamides is 1. The molecule has 1 unspecified atom stereocenters. The molecular weight excluding hydrogens is 582 g/mol. The van der Waals surface area contributed by atoms with Crippen LogP contribution < -0.4 is 10.5 Å². The zero-order valence-electron chi connectivity index (χ0n) is 26.6. The van der Waals surface area contributed by atoms with Crippen molar-refractivity contribution in [3.63, 3.8) is 0 Å². The maximum Gasteiger partial charge on any atom is 0.243 e. The smallest absolute Gasteiger partial charge is 0.243 e. The van der Waals surface area contributed by atoms with Gasteiger partial charge >= 0.3 is 0 Å². The molecule has 3 N–H and O–H groups in total. The van der Waals surface area contributed by atoms with E-state index in [1.54, 1.807) is 31.4 Å². The molecule has 7 nitrogen and oxygen atoms in total. The van der Waals surface area contributed by atoms with Gasteiger partial charge < -0.3 is 15.6 Å². The van der Waals surface area contributed by atoms with Crippen molar-refractivity contribution in [2.24, 2.45) is 11.1 Å². The van der Waals surface area contributed by atoms with E-state index in [0.717, 1.165) is 31.6 Å². The highest BCUT2D eigenvalue weighted by molar-refractivity contribution is 7.89. The second kappa shape index (κ2) is 16.2. The van der Waals surface area contributed by atoms with E-state index >= 15 is 0 Å². The molecule has 0 saturated carbocycles. The Morgan fingerprint density at radius 3 is 1.76 bits per heavy atom. The number of ether oxygens (including phenoxy) is 1. The third-order valence-electron chi connectivity index (χ3n) is 8.10. The van der Waals surface area contributed by atoms with Crippen molar-refractivity contribution in [1.29, 1.82) is 0 Å². The molecule has 0 bridgehead atoms. The minimum atomic E-state index is -3.95. The van der Waals surface area contributed by atoms with Crippen LogP contribution in [0.1, 0.15) is 37.0 Å². The molecule has 240 valence electrons. The molecule has 4 rings (SSSR count). The van der Waals surface area contributed by atoms with Crippen molar-refractivity contribution in [3.8, 4) is 5.75 Å². The quantitative estimate of drug-likeness (QED) is 0.155. The molecular formula is C37H47N3O4S. The molecule has 0 aliphatic heterocycles. The van der Waals surface area contributed by atoms with Crippen LogP contribution in [-0.4, -0.2) is 61.6 Å². The van der Waals surface area contributed by atoms with E-state index in [1.165, 1.54) is 15.4 Å². The number of hydrogen-bond donors (Lipinski definition) is 2. The van der Waals surface area contributed by atoms with Crippen LogP contribution in [-0.2, 0) is 29.5 Å². The van der Waals surface area contributed by atoms with E-state index in [-0.39, 0.29) is 18.0 Å². The van der Waals surface area contributed by atoms with E-state index in [9.17, 15) is 13.5 Å². The Labute approximate surface area is 269 Å². The van der Waals surface area contributed by atoms with Gasteiger partial charge in [0.25, 0.3) is 0 Å². The summed E-state index contributed by atoms with van der Waals surface area (Å²) in [5.74, 6) is 0.572. The van der Waals surface area contributed by atoms with Gasteiger partial charge in [0.1, 0.15) is 5.75 Å². The third-order valence-corrected chi connectivity index (χ3v) is 9.93. The molecule has 0 saturated heterocycles. The van der Waals surface area contributed by atoms with Crippen LogP contribution in [0.15, 0.2) is 120 Å². The van der Waals surface area contributed by atoms with Gasteiger partial charge in [0.05, 0.1) is 18.1 Å². The summed E-state index contributed by atoms with van der Waals surface area (Å²) in [6.45, 7) is 6.62. The first-order valence-corrected chi connectivity index (χ1v) is 16.9. The SMILES string of the molecule is COc1ccc(S(=O)(=O)N(CC(O)[C@@H](N)Cc2ccccc2)CC(C)(C)CCN(Cc2ccccc2)Cc2ccccc2)cc1. The number of aliphatic hydroxyl groups excluding tert-OH is 1. The van der Waals surface area contributed by atoms with Crippen LogP contribution >= 0.6 is 0 Å². The van der Waals surface area contributed by atoms with Crippen molar-refractivity contribution >= 4 is 10.0 Å². The van der Waals surface area contributed by atoms with E-state index in [4.69, 9.17) is 10.5 Å². The molecule has 0 aromatic heterocycles. The molecule has 0 spiro atoms. The van der Waals surface area contributed by atoms with Crippen molar-refractivity contribution in [2.75, 3.05) is 26.7 Å². The fourth-order valence-corrected chi connectivity index (χ4v) is 7.07. The van der Waals surface area contributed by atoms with Crippen molar-refractivity contribution in [2.45, 2.75) is 56.8 Å². The highest BCUT2D eigenvalue weighted by Crippen LogP contribution is 2.28.